The van der Waals surface area contributed by atoms with Crippen LogP contribution in [0.3, 0.4) is 0 Å². The Morgan fingerprint density at radius 1 is 0.875 bits per heavy atom. The van der Waals surface area contributed by atoms with Gasteiger partial charge in [0.2, 0.25) is 0 Å². The van der Waals surface area contributed by atoms with E-state index in [1.807, 2.05) is 60.7 Å². The molecule has 3 aromatic carbocycles. The number of alkyl halides is 3. The molecule has 0 N–H and O–H groups in total. The van der Waals surface area contributed by atoms with Crippen LogP contribution in [0.25, 0.3) is 22.5 Å². The molecule has 0 spiro atoms. The summed E-state index contributed by atoms with van der Waals surface area (Å²) in [6.07, 6.45) is -2.56. The zero-order valence-corrected chi connectivity index (χ0v) is 18.0. The number of aromatic nitrogens is 2. The number of hydrogen-bond acceptors (Lipinski definition) is 2. The minimum absolute atomic E-state index is 0.376. The van der Waals surface area contributed by atoms with Crippen LogP contribution in [0.5, 0.6) is 0 Å². The largest absolute Gasteiger partial charge is 0.416 e. The molecule has 32 heavy (non-hydrogen) atoms. The van der Waals surface area contributed by atoms with Gasteiger partial charge in [-0.1, -0.05) is 96.7 Å². The number of hydrogen-bond donors (Lipinski definition) is 0. The minimum Gasteiger partial charge on any atom is -0.315 e. The number of thioether (sulfide) groups is 1. The van der Waals surface area contributed by atoms with Crippen LogP contribution < -0.4 is 0 Å². The van der Waals surface area contributed by atoms with Gasteiger partial charge >= 0.3 is 6.18 Å². The highest BCUT2D eigenvalue weighted by Crippen LogP contribution is 2.37. The van der Waals surface area contributed by atoms with Gasteiger partial charge in [-0.15, -0.1) is 6.58 Å². The molecule has 162 valence electrons. The zero-order chi connectivity index (χ0) is 22.6. The lowest BCUT2D eigenvalue weighted by Gasteiger charge is -2.12. The Labute approximate surface area is 189 Å². The van der Waals surface area contributed by atoms with Gasteiger partial charge in [0.25, 0.3) is 0 Å². The number of nitrogens with zero attached hydrogens (tertiary/aromatic N) is 2. The number of halogens is 3. The van der Waals surface area contributed by atoms with Gasteiger partial charge in [-0.05, 0) is 11.6 Å². The maximum atomic E-state index is 13.1. The van der Waals surface area contributed by atoms with Crippen molar-refractivity contribution in [2.75, 3.05) is 0 Å². The van der Waals surface area contributed by atoms with E-state index in [2.05, 4.69) is 11.1 Å². The molecule has 0 saturated carbocycles. The molecule has 4 aromatic rings. The van der Waals surface area contributed by atoms with Crippen LogP contribution in [0.15, 0.2) is 103 Å². The Balaban J connectivity index is 1.76. The molecule has 0 unspecified atom stereocenters. The van der Waals surface area contributed by atoms with E-state index < -0.39 is 11.7 Å². The van der Waals surface area contributed by atoms with E-state index >= 15 is 0 Å². The van der Waals surface area contributed by atoms with Gasteiger partial charge in [0.15, 0.2) is 5.16 Å². The highest BCUT2D eigenvalue weighted by atomic mass is 32.2. The predicted molar refractivity (Wildman–Crippen MR) is 124 cm³/mol. The summed E-state index contributed by atoms with van der Waals surface area (Å²) in [5.74, 6) is 0.376. The fourth-order valence-electron chi connectivity index (χ4n) is 3.51. The Kier molecular flexibility index (Phi) is 6.51. The lowest BCUT2D eigenvalue weighted by Crippen LogP contribution is -2.05. The molecule has 2 nitrogen and oxygen atoms in total. The summed E-state index contributed by atoms with van der Waals surface area (Å²) in [4.78, 5) is 4.92. The second-order valence-electron chi connectivity index (χ2n) is 7.21. The lowest BCUT2D eigenvalue weighted by atomic mass is 10.0. The van der Waals surface area contributed by atoms with Crippen molar-refractivity contribution in [1.82, 2.24) is 9.55 Å². The van der Waals surface area contributed by atoms with Crippen molar-refractivity contribution in [3.05, 3.63) is 109 Å². The summed E-state index contributed by atoms with van der Waals surface area (Å²) in [6, 6.07) is 25.3. The fraction of sp³-hybridized carbons (Fsp3) is 0.115. The van der Waals surface area contributed by atoms with E-state index in [1.54, 1.807) is 12.1 Å². The van der Waals surface area contributed by atoms with Crippen molar-refractivity contribution in [2.45, 2.75) is 23.6 Å². The first-order valence-electron chi connectivity index (χ1n) is 10.1. The smallest absolute Gasteiger partial charge is 0.315 e. The number of imidazole rings is 1. The quantitative estimate of drug-likeness (QED) is 0.212. The van der Waals surface area contributed by atoms with Gasteiger partial charge in [-0.3, -0.25) is 0 Å². The van der Waals surface area contributed by atoms with Crippen molar-refractivity contribution in [3.63, 3.8) is 0 Å². The third-order valence-electron chi connectivity index (χ3n) is 4.96. The van der Waals surface area contributed by atoms with E-state index in [-0.39, 0.29) is 0 Å². The van der Waals surface area contributed by atoms with Gasteiger partial charge < -0.3 is 4.57 Å². The molecule has 0 amide bonds. The van der Waals surface area contributed by atoms with E-state index in [4.69, 9.17) is 4.98 Å². The fourth-order valence-corrected chi connectivity index (χ4v) is 4.47. The molecule has 0 radical (unpaired) electrons. The molecule has 0 bridgehead atoms. The third kappa shape index (κ3) is 4.81. The summed E-state index contributed by atoms with van der Waals surface area (Å²) in [5, 5.41) is 0.736. The monoisotopic (exact) mass is 450 g/mol. The normalized spacial score (nSPS) is 11.5. The van der Waals surface area contributed by atoms with Crippen molar-refractivity contribution in [2.24, 2.45) is 0 Å². The molecule has 0 aliphatic rings. The first-order valence-corrected chi connectivity index (χ1v) is 11.1. The van der Waals surface area contributed by atoms with Crippen LogP contribution in [0.1, 0.15) is 11.1 Å². The molecule has 0 aliphatic carbocycles. The predicted octanol–water partition coefficient (Wildman–Crippen LogP) is 7.71. The first kappa shape index (κ1) is 22.0. The summed E-state index contributed by atoms with van der Waals surface area (Å²) in [5.41, 5.74) is 3.76. The maximum absolute atomic E-state index is 13.1. The van der Waals surface area contributed by atoms with Gasteiger partial charge in [0.05, 0.1) is 17.0 Å². The summed E-state index contributed by atoms with van der Waals surface area (Å²) in [7, 11) is 0. The highest BCUT2D eigenvalue weighted by Gasteiger charge is 2.30. The maximum Gasteiger partial charge on any atom is 0.416 e. The molecule has 0 fully saturated rings. The Bertz CT molecular complexity index is 1200. The number of benzene rings is 3. The van der Waals surface area contributed by atoms with E-state index in [0.29, 0.717) is 17.9 Å². The number of rotatable bonds is 7. The van der Waals surface area contributed by atoms with Crippen LogP contribution in [-0.2, 0) is 18.5 Å². The van der Waals surface area contributed by atoms with Crippen molar-refractivity contribution in [1.29, 1.82) is 0 Å². The van der Waals surface area contributed by atoms with Crippen LogP contribution in [0.2, 0.25) is 0 Å². The van der Waals surface area contributed by atoms with Crippen molar-refractivity contribution >= 4 is 11.8 Å². The molecular weight excluding hydrogens is 429 g/mol. The molecule has 0 atom stereocenters. The van der Waals surface area contributed by atoms with Crippen molar-refractivity contribution in [3.8, 4) is 22.5 Å². The second-order valence-corrected chi connectivity index (χ2v) is 8.15. The zero-order valence-electron chi connectivity index (χ0n) is 17.2. The van der Waals surface area contributed by atoms with Crippen LogP contribution >= 0.6 is 11.8 Å². The van der Waals surface area contributed by atoms with Crippen LogP contribution in [-0.4, -0.2) is 9.55 Å². The summed E-state index contributed by atoms with van der Waals surface area (Å²) >= 11 is 1.42. The molecule has 1 heterocycles. The molecule has 4 rings (SSSR count). The summed E-state index contributed by atoms with van der Waals surface area (Å²) in [6.45, 7) is 4.42. The number of allylic oxidation sites excluding steroid dienone is 1. The SMILES string of the molecule is C=CCn1c(SCc2cccc(C(F)(F)F)c2)nc(-c2ccccc2)c1-c1ccccc1. The third-order valence-corrected chi connectivity index (χ3v) is 6.01. The molecular formula is C26H21F3N2S. The minimum atomic E-state index is -4.36. The Hall–Kier alpha value is -3.25. The molecule has 0 aliphatic heterocycles. The average molecular weight is 451 g/mol. The van der Waals surface area contributed by atoms with Gasteiger partial charge in [0, 0.05) is 23.4 Å². The van der Waals surface area contributed by atoms with Crippen LogP contribution in [0, 0.1) is 0 Å². The van der Waals surface area contributed by atoms with Gasteiger partial charge in [-0.25, -0.2) is 4.98 Å². The molecule has 6 heteroatoms. The first-order chi connectivity index (χ1) is 15.5. The molecule has 1 aromatic heterocycles. The lowest BCUT2D eigenvalue weighted by molar-refractivity contribution is -0.137. The summed E-state index contributed by atoms with van der Waals surface area (Å²) < 4.78 is 41.4. The van der Waals surface area contributed by atoms with E-state index in [0.717, 1.165) is 33.7 Å². The van der Waals surface area contributed by atoms with E-state index in [9.17, 15) is 13.2 Å². The molecule has 0 saturated heterocycles. The van der Waals surface area contributed by atoms with Crippen molar-refractivity contribution < 1.29 is 13.2 Å². The standard InChI is InChI=1S/C26H21F3N2S/c1-2-16-31-24(21-13-7-4-8-14-21)23(20-11-5-3-6-12-20)30-25(31)32-18-19-10-9-15-22(17-19)26(27,28)29/h2-15,17H,1,16,18H2. The second kappa shape index (κ2) is 9.49. The average Bonchev–Trinajstić information content (AvgIpc) is 3.17. The van der Waals surface area contributed by atoms with E-state index in [1.165, 1.54) is 23.9 Å². The Morgan fingerprint density at radius 3 is 2.16 bits per heavy atom. The van der Waals surface area contributed by atoms with Crippen LogP contribution in [0.4, 0.5) is 13.2 Å². The van der Waals surface area contributed by atoms with Gasteiger partial charge in [-0.2, -0.15) is 13.2 Å². The highest BCUT2D eigenvalue weighted by molar-refractivity contribution is 7.98. The Morgan fingerprint density at radius 2 is 1.53 bits per heavy atom. The topological polar surface area (TPSA) is 17.8 Å². The van der Waals surface area contributed by atoms with Gasteiger partial charge in [0.1, 0.15) is 0 Å².